The van der Waals surface area contributed by atoms with Crippen molar-refractivity contribution in [3.05, 3.63) is 23.2 Å². The van der Waals surface area contributed by atoms with Crippen molar-refractivity contribution in [3.8, 4) is 0 Å². The molecule has 1 aliphatic carbocycles. The number of hydrogen-bond donors (Lipinski definition) is 0. The van der Waals surface area contributed by atoms with Crippen molar-refractivity contribution in [3.63, 3.8) is 0 Å². The summed E-state index contributed by atoms with van der Waals surface area (Å²) in [6.45, 7) is 3.73. The topological polar surface area (TPSA) is 73.6 Å². The summed E-state index contributed by atoms with van der Waals surface area (Å²) in [5, 5.41) is 10.5. The van der Waals surface area contributed by atoms with Gasteiger partial charge in [0.1, 0.15) is 11.5 Å². The van der Waals surface area contributed by atoms with Crippen LogP contribution in [-0.2, 0) is 4.79 Å². The van der Waals surface area contributed by atoms with Gasteiger partial charge in [-0.25, -0.2) is 0 Å². The lowest BCUT2D eigenvalue weighted by Crippen LogP contribution is -2.37. The number of aliphatic carboxylic acids is 1. The van der Waals surface area contributed by atoms with Crippen LogP contribution < -0.4 is 5.11 Å². The zero-order valence-corrected chi connectivity index (χ0v) is 10.6. The van der Waals surface area contributed by atoms with E-state index in [0.717, 1.165) is 12.8 Å². The third-order valence-electron chi connectivity index (χ3n) is 3.08. The largest absolute Gasteiger partial charge is 0.550 e. The number of carboxylic acids is 1. The molecule has 1 aromatic rings. The molecule has 2 rings (SSSR count). The first-order chi connectivity index (χ1) is 8.49. The maximum absolute atomic E-state index is 12.3. The Morgan fingerprint density at radius 3 is 2.56 bits per heavy atom. The van der Waals surface area contributed by atoms with Crippen molar-refractivity contribution < 1.29 is 19.1 Å². The van der Waals surface area contributed by atoms with Crippen LogP contribution in [0.4, 0.5) is 0 Å². The third-order valence-corrected chi connectivity index (χ3v) is 3.08. The van der Waals surface area contributed by atoms with Crippen LogP contribution in [0.2, 0.25) is 0 Å². The van der Waals surface area contributed by atoms with E-state index in [4.69, 9.17) is 4.42 Å². The van der Waals surface area contributed by atoms with Gasteiger partial charge in [0.25, 0.3) is 5.91 Å². The summed E-state index contributed by atoms with van der Waals surface area (Å²) in [4.78, 5) is 24.5. The maximum Gasteiger partial charge on any atom is 0.257 e. The standard InChI is InChI=1S/C13H17NO4/c1-8-7-11(9(2)18-8)13(17)14(10-3-4-10)6-5-12(15)16/h7,10H,3-6H2,1-2H3,(H,15,16)/p-1. The number of furan rings is 1. The van der Waals surface area contributed by atoms with Crippen LogP contribution in [-0.4, -0.2) is 29.4 Å². The average Bonchev–Trinajstić information content (AvgIpc) is 3.04. The molecule has 0 bridgehead atoms. The first-order valence-corrected chi connectivity index (χ1v) is 6.07. The van der Waals surface area contributed by atoms with Crippen LogP contribution in [0.5, 0.6) is 0 Å². The summed E-state index contributed by atoms with van der Waals surface area (Å²) in [7, 11) is 0. The fourth-order valence-electron chi connectivity index (χ4n) is 2.05. The van der Waals surface area contributed by atoms with Crippen molar-refractivity contribution >= 4 is 11.9 Å². The Morgan fingerprint density at radius 1 is 1.44 bits per heavy atom. The van der Waals surface area contributed by atoms with E-state index in [9.17, 15) is 14.7 Å². The van der Waals surface area contributed by atoms with Crippen LogP contribution in [0.15, 0.2) is 10.5 Å². The Labute approximate surface area is 105 Å². The summed E-state index contributed by atoms with van der Waals surface area (Å²) < 4.78 is 5.34. The first-order valence-electron chi connectivity index (χ1n) is 6.07. The highest BCUT2D eigenvalue weighted by molar-refractivity contribution is 5.95. The summed E-state index contributed by atoms with van der Waals surface area (Å²) in [5.41, 5.74) is 0.526. The van der Waals surface area contributed by atoms with E-state index in [1.807, 2.05) is 0 Å². The fourth-order valence-corrected chi connectivity index (χ4v) is 2.05. The van der Waals surface area contributed by atoms with Crippen LogP contribution >= 0.6 is 0 Å². The molecule has 0 spiro atoms. The van der Waals surface area contributed by atoms with Gasteiger partial charge in [-0.1, -0.05) is 0 Å². The minimum Gasteiger partial charge on any atom is -0.550 e. The first kappa shape index (κ1) is 12.7. The maximum atomic E-state index is 12.3. The molecule has 1 amide bonds. The number of hydrogen-bond acceptors (Lipinski definition) is 4. The second-order valence-corrected chi connectivity index (χ2v) is 4.68. The lowest BCUT2D eigenvalue weighted by Gasteiger charge is -2.22. The lowest BCUT2D eigenvalue weighted by molar-refractivity contribution is -0.305. The molecule has 5 heteroatoms. The molecule has 1 fully saturated rings. The van der Waals surface area contributed by atoms with Gasteiger partial charge in [-0.2, -0.15) is 0 Å². The quantitative estimate of drug-likeness (QED) is 0.768. The van der Waals surface area contributed by atoms with Gasteiger partial charge in [0.15, 0.2) is 0 Å². The molecule has 1 aliphatic rings. The highest BCUT2D eigenvalue weighted by atomic mass is 16.4. The fraction of sp³-hybridized carbons (Fsp3) is 0.538. The van der Waals surface area contributed by atoms with Crippen LogP contribution in [0, 0.1) is 13.8 Å². The van der Waals surface area contributed by atoms with E-state index >= 15 is 0 Å². The van der Waals surface area contributed by atoms with Gasteiger partial charge in [-0.3, -0.25) is 4.79 Å². The number of carbonyl (C=O) groups is 2. The Bertz CT molecular complexity index is 473. The summed E-state index contributed by atoms with van der Waals surface area (Å²) in [5.74, 6) is -0.00950. The Balaban J connectivity index is 2.12. The van der Waals surface area contributed by atoms with Gasteiger partial charge in [0, 0.05) is 25.0 Å². The predicted octanol–water partition coefficient (Wildman–Crippen LogP) is 0.641. The van der Waals surface area contributed by atoms with Crippen molar-refractivity contribution in [2.45, 2.75) is 39.2 Å². The molecule has 0 unspecified atom stereocenters. The molecule has 0 saturated heterocycles. The average molecular weight is 250 g/mol. The summed E-state index contributed by atoms with van der Waals surface area (Å²) in [6.07, 6.45) is 1.75. The van der Waals surface area contributed by atoms with Crippen LogP contribution in [0.25, 0.3) is 0 Å². The second-order valence-electron chi connectivity index (χ2n) is 4.68. The van der Waals surface area contributed by atoms with Gasteiger partial charge in [-0.15, -0.1) is 0 Å². The minimum absolute atomic E-state index is 0.127. The molecule has 0 aromatic carbocycles. The Kier molecular flexibility index (Phi) is 3.41. The number of carbonyl (C=O) groups excluding carboxylic acids is 2. The van der Waals surface area contributed by atoms with Crippen LogP contribution in [0.3, 0.4) is 0 Å². The number of nitrogens with zero attached hydrogens (tertiary/aromatic N) is 1. The van der Waals surface area contributed by atoms with E-state index in [2.05, 4.69) is 0 Å². The molecular formula is C13H16NO4-. The number of rotatable bonds is 5. The molecule has 5 nitrogen and oxygen atoms in total. The molecule has 98 valence electrons. The van der Waals surface area contributed by atoms with E-state index in [1.165, 1.54) is 0 Å². The SMILES string of the molecule is Cc1cc(C(=O)N(CCC(=O)[O-])C2CC2)c(C)o1. The molecule has 1 saturated carbocycles. The van der Waals surface area contributed by atoms with Gasteiger partial charge in [0.05, 0.1) is 5.56 Å². The number of carboxylic acid groups (broad SMARTS) is 1. The van der Waals surface area contributed by atoms with Crippen molar-refractivity contribution in [1.29, 1.82) is 0 Å². The number of amides is 1. The van der Waals surface area contributed by atoms with E-state index < -0.39 is 5.97 Å². The monoisotopic (exact) mass is 250 g/mol. The molecule has 0 aliphatic heterocycles. The molecule has 18 heavy (non-hydrogen) atoms. The van der Waals surface area contributed by atoms with Crippen LogP contribution in [0.1, 0.15) is 41.1 Å². The number of aryl methyl sites for hydroxylation is 2. The predicted molar refractivity (Wildman–Crippen MR) is 61.9 cm³/mol. The van der Waals surface area contributed by atoms with Gasteiger partial charge >= 0.3 is 0 Å². The second kappa shape index (κ2) is 4.84. The zero-order valence-electron chi connectivity index (χ0n) is 10.6. The molecule has 0 radical (unpaired) electrons. The lowest BCUT2D eigenvalue weighted by atomic mass is 10.2. The summed E-state index contributed by atoms with van der Waals surface area (Å²) in [6, 6.07) is 1.87. The van der Waals surface area contributed by atoms with Gasteiger partial charge < -0.3 is 19.2 Å². The zero-order chi connectivity index (χ0) is 13.3. The smallest absolute Gasteiger partial charge is 0.257 e. The molecule has 0 N–H and O–H groups in total. The Hall–Kier alpha value is -1.78. The van der Waals surface area contributed by atoms with Crippen molar-refractivity contribution in [2.75, 3.05) is 6.54 Å². The van der Waals surface area contributed by atoms with E-state index in [-0.39, 0.29) is 24.9 Å². The summed E-state index contributed by atoms with van der Waals surface area (Å²) >= 11 is 0. The molecule has 1 heterocycles. The van der Waals surface area contributed by atoms with Crippen molar-refractivity contribution in [1.82, 2.24) is 4.90 Å². The normalized spacial score (nSPS) is 14.6. The van der Waals surface area contributed by atoms with Gasteiger partial charge in [-0.05, 0) is 32.8 Å². The highest BCUT2D eigenvalue weighted by Gasteiger charge is 2.33. The molecule has 1 aromatic heterocycles. The molecule has 0 atom stereocenters. The molecular weight excluding hydrogens is 234 g/mol. The van der Waals surface area contributed by atoms with Crippen molar-refractivity contribution in [2.24, 2.45) is 0 Å². The Morgan fingerprint density at radius 2 is 2.11 bits per heavy atom. The minimum atomic E-state index is -1.13. The van der Waals surface area contributed by atoms with Gasteiger partial charge in [0.2, 0.25) is 0 Å². The van der Waals surface area contributed by atoms with E-state index in [0.29, 0.717) is 17.1 Å². The third kappa shape index (κ3) is 2.72. The van der Waals surface area contributed by atoms with E-state index in [1.54, 1.807) is 24.8 Å². The highest BCUT2D eigenvalue weighted by Crippen LogP contribution is 2.29.